The molecular formula is C3H9O4PRu. The molecule has 0 saturated carbocycles. The van der Waals surface area contributed by atoms with Crippen LogP contribution in [0, 0.1) is 0 Å². The van der Waals surface area contributed by atoms with E-state index in [-0.39, 0.29) is 19.5 Å². The van der Waals surface area contributed by atoms with Gasteiger partial charge in [-0.1, -0.05) is 0 Å². The Balaban J connectivity index is 0. The molecule has 4 nitrogen and oxygen atoms in total. The van der Waals surface area contributed by atoms with Crippen molar-refractivity contribution in [1.29, 1.82) is 0 Å². The second kappa shape index (κ2) is 5.51. The van der Waals surface area contributed by atoms with Gasteiger partial charge in [0.1, 0.15) is 0 Å². The Hall–Kier alpha value is 0.733. The zero-order valence-corrected chi connectivity index (χ0v) is 8.07. The van der Waals surface area contributed by atoms with Crippen LogP contribution in [0.1, 0.15) is 0 Å². The molecule has 0 spiro atoms. The van der Waals surface area contributed by atoms with E-state index in [2.05, 4.69) is 13.6 Å². The van der Waals surface area contributed by atoms with Crippen molar-refractivity contribution in [2.45, 2.75) is 0 Å². The Morgan fingerprint density at radius 1 is 1.00 bits per heavy atom. The van der Waals surface area contributed by atoms with Crippen molar-refractivity contribution in [3.63, 3.8) is 0 Å². The van der Waals surface area contributed by atoms with Gasteiger partial charge in [0.25, 0.3) is 0 Å². The summed E-state index contributed by atoms with van der Waals surface area (Å²) in [5.74, 6) is 0. The van der Waals surface area contributed by atoms with Gasteiger partial charge in [-0.05, 0) is 0 Å². The standard InChI is InChI=1S/C3H9O4P.Ru/c1-5-8(4,6-2)7-3;/h1-3H3;. The maximum Gasteiger partial charge on any atom is 0.473 e. The van der Waals surface area contributed by atoms with Crippen molar-refractivity contribution < 1.29 is 37.6 Å². The maximum absolute atomic E-state index is 10.7. The molecule has 0 heterocycles. The minimum absolute atomic E-state index is 0. The van der Waals surface area contributed by atoms with Crippen molar-refractivity contribution >= 4 is 7.82 Å². The van der Waals surface area contributed by atoms with E-state index in [9.17, 15) is 4.57 Å². The monoisotopic (exact) mass is 242 g/mol. The van der Waals surface area contributed by atoms with E-state index < -0.39 is 7.82 Å². The number of hydrogen-bond donors (Lipinski definition) is 0. The summed E-state index contributed by atoms with van der Waals surface area (Å²) in [7, 11) is 0.611. The van der Waals surface area contributed by atoms with E-state index in [0.29, 0.717) is 0 Å². The van der Waals surface area contributed by atoms with Crippen LogP contribution in [-0.4, -0.2) is 21.3 Å². The fraction of sp³-hybridized carbons (Fsp3) is 1.00. The Morgan fingerprint density at radius 2 is 1.22 bits per heavy atom. The van der Waals surface area contributed by atoms with Gasteiger partial charge in [0.2, 0.25) is 0 Å². The third kappa shape index (κ3) is 4.18. The summed E-state index contributed by atoms with van der Waals surface area (Å²) in [6.45, 7) is 0. The first-order valence-corrected chi connectivity index (χ1v) is 3.42. The van der Waals surface area contributed by atoms with Gasteiger partial charge in [0.05, 0.1) is 0 Å². The first kappa shape index (κ1) is 12.4. The fourth-order valence-corrected chi connectivity index (χ4v) is 0.671. The van der Waals surface area contributed by atoms with Crippen molar-refractivity contribution in [3.05, 3.63) is 0 Å². The van der Waals surface area contributed by atoms with Crippen LogP contribution in [0.25, 0.3) is 0 Å². The molecule has 6 heteroatoms. The van der Waals surface area contributed by atoms with E-state index >= 15 is 0 Å². The number of phosphoric ester groups is 1. The van der Waals surface area contributed by atoms with Crippen molar-refractivity contribution in [1.82, 2.24) is 0 Å². The maximum atomic E-state index is 10.7. The first-order valence-electron chi connectivity index (χ1n) is 1.96. The van der Waals surface area contributed by atoms with Gasteiger partial charge in [-0.2, -0.15) is 0 Å². The van der Waals surface area contributed by atoms with Crippen molar-refractivity contribution in [3.8, 4) is 0 Å². The Kier molecular flexibility index (Phi) is 7.60. The van der Waals surface area contributed by atoms with Crippen LogP contribution in [0.4, 0.5) is 0 Å². The molecule has 0 aromatic rings. The third-order valence-corrected chi connectivity index (χ3v) is 2.01. The second-order valence-corrected chi connectivity index (χ2v) is 2.98. The van der Waals surface area contributed by atoms with Crippen LogP contribution in [0.5, 0.6) is 0 Å². The van der Waals surface area contributed by atoms with Gasteiger partial charge in [-0.25, -0.2) is 4.57 Å². The summed E-state index contributed by atoms with van der Waals surface area (Å²) in [5, 5.41) is 0. The molecule has 0 atom stereocenters. The van der Waals surface area contributed by atoms with Crippen LogP contribution in [0.2, 0.25) is 0 Å². The minimum Gasteiger partial charge on any atom is -0.290 e. The Bertz CT molecular complexity index is 87.0. The van der Waals surface area contributed by atoms with E-state index in [4.69, 9.17) is 0 Å². The van der Waals surface area contributed by atoms with E-state index in [1.165, 1.54) is 21.3 Å². The molecule has 58 valence electrons. The zero-order valence-electron chi connectivity index (χ0n) is 5.43. The average molecular weight is 241 g/mol. The van der Waals surface area contributed by atoms with Gasteiger partial charge in [-0.15, -0.1) is 0 Å². The number of hydrogen-bond acceptors (Lipinski definition) is 4. The Labute approximate surface area is 67.2 Å². The van der Waals surface area contributed by atoms with Gasteiger partial charge < -0.3 is 0 Å². The van der Waals surface area contributed by atoms with E-state index in [0.717, 1.165) is 0 Å². The quantitative estimate of drug-likeness (QED) is 0.547. The second-order valence-electron chi connectivity index (χ2n) is 0.995. The molecule has 9 heavy (non-hydrogen) atoms. The predicted octanol–water partition coefficient (Wildman–Crippen LogP) is 1.03. The van der Waals surface area contributed by atoms with Gasteiger partial charge >= 0.3 is 7.82 Å². The molecule has 0 aromatic carbocycles. The molecule has 0 unspecified atom stereocenters. The molecule has 0 aromatic heterocycles. The molecule has 0 aliphatic heterocycles. The van der Waals surface area contributed by atoms with Crippen LogP contribution in [0.3, 0.4) is 0 Å². The summed E-state index contributed by atoms with van der Waals surface area (Å²) < 4.78 is 23.7. The molecule has 0 bridgehead atoms. The van der Waals surface area contributed by atoms with Gasteiger partial charge in [0.15, 0.2) is 0 Å². The van der Waals surface area contributed by atoms with Crippen LogP contribution in [0.15, 0.2) is 0 Å². The van der Waals surface area contributed by atoms with E-state index in [1.807, 2.05) is 0 Å². The smallest absolute Gasteiger partial charge is 0.290 e. The summed E-state index contributed by atoms with van der Waals surface area (Å²) in [5.41, 5.74) is 0. The molecular weight excluding hydrogens is 232 g/mol. The number of rotatable bonds is 3. The summed E-state index contributed by atoms with van der Waals surface area (Å²) in [4.78, 5) is 0. The molecule has 0 saturated heterocycles. The molecule has 0 N–H and O–H groups in total. The topological polar surface area (TPSA) is 44.8 Å². The van der Waals surface area contributed by atoms with E-state index in [1.54, 1.807) is 0 Å². The van der Waals surface area contributed by atoms with Gasteiger partial charge in [-0.3, -0.25) is 13.6 Å². The normalized spacial score (nSPS) is 10.6. The third-order valence-electron chi connectivity index (χ3n) is 0.671. The van der Waals surface area contributed by atoms with Crippen LogP contribution >= 0.6 is 7.82 Å². The summed E-state index contributed by atoms with van der Waals surface area (Å²) in [6, 6.07) is 0. The van der Waals surface area contributed by atoms with Crippen molar-refractivity contribution in [2.75, 3.05) is 21.3 Å². The zero-order chi connectivity index (χ0) is 6.62. The molecule has 0 rings (SSSR count). The molecule has 0 fully saturated rings. The van der Waals surface area contributed by atoms with Crippen LogP contribution in [-0.2, 0) is 37.6 Å². The first-order chi connectivity index (χ1) is 3.68. The van der Waals surface area contributed by atoms with Crippen molar-refractivity contribution in [2.24, 2.45) is 0 Å². The van der Waals surface area contributed by atoms with Gasteiger partial charge in [0, 0.05) is 40.8 Å². The predicted molar refractivity (Wildman–Crippen MR) is 28.6 cm³/mol. The molecule has 0 radical (unpaired) electrons. The molecule has 0 aliphatic rings. The fourth-order valence-electron chi connectivity index (χ4n) is 0.224. The summed E-state index contributed by atoms with van der Waals surface area (Å²) in [6.07, 6.45) is 0. The summed E-state index contributed by atoms with van der Waals surface area (Å²) >= 11 is 0. The Morgan fingerprint density at radius 3 is 1.22 bits per heavy atom. The van der Waals surface area contributed by atoms with Crippen LogP contribution < -0.4 is 0 Å². The molecule has 0 amide bonds. The molecule has 0 aliphatic carbocycles. The average Bonchev–Trinajstić information content (AvgIpc) is 1.87. The minimum atomic E-state index is -3.16. The SMILES string of the molecule is COP(=O)(OC)OC.[Ru]. The largest absolute Gasteiger partial charge is 0.473 e. The number of phosphoric acid groups is 1.